The first-order valence-electron chi connectivity index (χ1n) is 11.9. The number of imidazole rings is 1. The number of allylic oxidation sites excluding steroid dienone is 2. The highest BCUT2D eigenvalue weighted by atomic mass is 19.1. The Kier molecular flexibility index (Phi) is 5.87. The van der Waals surface area contributed by atoms with Crippen molar-refractivity contribution in [3.05, 3.63) is 65.5 Å². The van der Waals surface area contributed by atoms with E-state index in [4.69, 9.17) is 15.0 Å². The third-order valence-electron chi connectivity index (χ3n) is 7.07. The number of rotatable bonds is 6. The van der Waals surface area contributed by atoms with Crippen LogP contribution in [0.25, 0.3) is 11.1 Å². The highest BCUT2D eigenvalue weighted by molar-refractivity contribution is 6.03. The van der Waals surface area contributed by atoms with Crippen LogP contribution in [0.5, 0.6) is 0 Å². The number of hydrogen-bond acceptors (Lipinski definition) is 5. The van der Waals surface area contributed by atoms with E-state index in [-0.39, 0.29) is 23.4 Å². The van der Waals surface area contributed by atoms with Gasteiger partial charge in [-0.1, -0.05) is 26.0 Å². The molecule has 186 valence electrons. The minimum Gasteiger partial charge on any atom is -0.350 e. The van der Waals surface area contributed by atoms with Gasteiger partial charge in [-0.2, -0.15) is 5.26 Å². The van der Waals surface area contributed by atoms with E-state index in [1.165, 1.54) is 6.20 Å². The molecular formula is C27H27F2N5O2. The van der Waals surface area contributed by atoms with Gasteiger partial charge in [0, 0.05) is 6.42 Å². The summed E-state index contributed by atoms with van der Waals surface area (Å²) in [5.74, 6) is -0.478. The number of amides is 1. The second-order valence-electron chi connectivity index (χ2n) is 10.5. The fourth-order valence-electron chi connectivity index (χ4n) is 4.92. The maximum absolute atomic E-state index is 14.0. The summed E-state index contributed by atoms with van der Waals surface area (Å²) in [5, 5.41) is 11.9. The zero-order valence-corrected chi connectivity index (χ0v) is 20.2. The van der Waals surface area contributed by atoms with Crippen LogP contribution in [0.2, 0.25) is 0 Å². The molecule has 2 aliphatic heterocycles. The number of alkyl halides is 2. The Morgan fingerprint density at radius 1 is 1.25 bits per heavy atom. The molecule has 1 amide bonds. The van der Waals surface area contributed by atoms with Gasteiger partial charge >= 0.3 is 0 Å². The van der Waals surface area contributed by atoms with Crippen LogP contribution in [-0.4, -0.2) is 45.4 Å². The van der Waals surface area contributed by atoms with Gasteiger partial charge in [-0.3, -0.25) is 4.79 Å². The summed E-state index contributed by atoms with van der Waals surface area (Å²) in [7, 11) is 0. The number of pyridine rings is 1. The molecule has 9 heteroatoms. The summed E-state index contributed by atoms with van der Waals surface area (Å²) >= 11 is 0. The van der Waals surface area contributed by atoms with E-state index >= 15 is 0 Å². The number of H-pyrrole nitrogens is 1. The average Bonchev–Trinajstić information content (AvgIpc) is 3.47. The molecule has 3 aliphatic rings. The summed E-state index contributed by atoms with van der Waals surface area (Å²) < 4.78 is 33.7. The zero-order chi connectivity index (χ0) is 25.6. The maximum atomic E-state index is 14.0. The quantitative estimate of drug-likeness (QED) is 0.533. The van der Waals surface area contributed by atoms with Gasteiger partial charge < -0.3 is 15.0 Å². The molecule has 7 nitrogen and oxygen atoms in total. The number of nitrogens with one attached hydrogen (secondary N) is 2. The van der Waals surface area contributed by atoms with Crippen molar-refractivity contribution in [1.82, 2.24) is 15.0 Å². The SMILES string of the molecule is CC1(C)CC=C(c2nc(C3=CC4(CF)C=CC(CF)(C3)O4)ccc2NC(=O)c2ncc(C#N)[nH]2)CC1. The van der Waals surface area contributed by atoms with Gasteiger partial charge in [0.25, 0.3) is 5.91 Å². The first kappa shape index (κ1) is 24.1. The van der Waals surface area contributed by atoms with Crippen LogP contribution in [0.4, 0.5) is 14.5 Å². The number of ether oxygens (including phenoxy) is 1. The molecule has 2 aromatic heterocycles. The van der Waals surface area contributed by atoms with Crippen molar-refractivity contribution in [3.63, 3.8) is 0 Å². The van der Waals surface area contributed by atoms with Gasteiger partial charge in [0.05, 0.1) is 23.3 Å². The van der Waals surface area contributed by atoms with Crippen molar-refractivity contribution in [2.45, 2.75) is 50.7 Å². The number of carbonyl (C=O) groups excluding carboxylic acids is 1. The average molecular weight is 492 g/mol. The summed E-state index contributed by atoms with van der Waals surface area (Å²) in [6.07, 6.45) is 11.1. The Labute approximate surface area is 208 Å². The number of aromatic amines is 1. The summed E-state index contributed by atoms with van der Waals surface area (Å²) in [6, 6.07) is 5.40. The minimum absolute atomic E-state index is 0.0184. The standard InChI is InChI=1S/C27H27F2N5O2/c1-25(2)7-5-17(6-8-25)22-21(34-24(35)23-31-14-19(13-30)32-23)4-3-20(33-22)18-11-26(15-28)9-10-27(12-18,16-29)36-26/h3-5,9-11,14H,6-8,12,15-16H2,1-2H3,(H,31,32)(H,34,35). The highest BCUT2D eigenvalue weighted by Gasteiger charge is 2.48. The number of halogens is 2. The number of aromatic nitrogens is 3. The number of nitrogens with zero attached hydrogens (tertiary/aromatic N) is 3. The predicted molar refractivity (Wildman–Crippen MR) is 131 cm³/mol. The molecule has 2 atom stereocenters. The topological polar surface area (TPSA) is 104 Å². The lowest BCUT2D eigenvalue weighted by molar-refractivity contribution is -0.0867. The lowest BCUT2D eigenvalue weighted by Gasteiger charge is -2.36. The molecule has 0 fully saturated rings. The summed E-state index contributed by atoms with van der Waals surface area (Å²) in [4.78, 5) is 24.4. The maximum Gasteiger partial charge on any atom is 0.291 e. The van der Waals surface area contributed by atoms with Crippen molar-refractivity contribution in [2.75, 3.05) is 18.7 Å². The first-order valence-corrected chi connectivity index (χ1v) is 11.9. The van der Waals surface area contributed by atoms with Gasteiger partial charge in [0.1, 0.15) is 36.3 Å². The van der Waals surface area contributed by atoms with Gasteiger partial charge in [0.2, 0.25) is 0 Å². The van der Waals surface area contributed by atoms with Crippen molar-refractivity contribution in [2.24, 2.45) is 5.41 Å². The van der Waals surface area contributed by atoms with E-state index in [9.17, 15) is 13.6 Å². The van der Waals surface area contributed by atoms with E-state index < -0.39 is 30.5 Å². The molecule has 0 radical (unpaired) electrons. The zero-order valence-electron chi connectivity index (χ0n) is 20.2. The van der Waals surface area contributed by atoms with Crippen LogP contribution in [0.1, 0.15) is 67.2 Å². The fourth-order valence-corrected chi connectivity index (χ4v) is 4.92. The van der Waals surface area contributed by atoms with Crippen LogP contribution >= 0.6 is 0 Å². The molecule has 36 heavy (non-hydrogen) atoms. The first-order chi connectivity index (χ1) is 17.2. The summed E-state index contributed by atoms with van der Waals surface area (Å²) in [6.45, 7) is 2.85. The van der Waals surface area contributed by atoms with Crippen LogP contribution in [0.15, 0.2) is 42.6 Å². The monoisotopic (exact) mass is 491 g/mol. The molecule has 2 aromatic rings. The minimum atomic E-state index is -1.29. The Bertz CT molecular complexity index is 1350. The molecule has 0 saturated heterocycles. The molecule has 0 aromatic carbocycles. The van der Waals surface area contributed by atoms with Crippen molar-refractivity contribution < 1.29 is 18.3 Å². The molecule has 5 rings (SSSR count). The van der Waals surface area contributed by atoms with E-state index in [0.29, 0.717) is 22.6 Å². The van der Waals surface area contributed by atoms with Crippen LogP contribution in [-0.2, 0) is 4.74 Å². The Morgan fingerprint density at radius 3 is 2.75 bits per heavy atom. The number of fused-ring (bicyclic) bond motifs is 2. The lowest BCUT2D eigenvalue weighted by atomic mass is 9.77. The van der Waals surface area contributed by atoms with E-state index in [1.807, 2.05) is 6.07 Å². The van der Waals surface area contributed by atoms with E-state index in [1.54, 1.807) is 30.4 Å². The fraction of sp³-hybridized carbons (Fsp3) is 0.407. The van der Waals surface area contributed by atoms with Gasteiger partial charge in [-0.05, 0) is 60.1 Å². The van der Waals surface area contributed by atoms with Crippen LogP contribution in [0.3, 0.4) is 0 Å². The lowest BCUT2D eigenvalue weighted by Crippen LogP contribution is -2.42. The van der Waals surface area contributed by atoms with Gasteiger partial charge in [-0.15, -0.1) is 0 Å². The second kappa shape index (κ2) is 8.79. The summed E-state index contributed by atoms with van der Waals surface area (Å²) in [5.41, 5.74) is 1.25. The van der Waals surface area contributed by atoms with Crippen molar-refractivity contribution >= 4 is 22.7 Å². The predicted octanol–water partition coefficient (Wildman–Crippen LogP) is 5.31. The van der Waals surface area contributed by atoms with Crippen LogP contribution < -0.4 is 5.32 Å². The molecule has 2 N–H and O–H groups in total. The van der Waals surface area contributed by atoms with Crippen molar-refractivity contribution in [1.29, 1.82) is 5.26 Å². The molecule has 1 aliphatic carbocycles. The number of carbonyl (C=O) groups is 1. The van der Waals surface area contributed by atoms with Crippen molar-refractivity contribution in [3.8, 4) is 6.07 Å². The number of nitriles is 1. The number of hydrogen-bond donors (Lipinski definition) is 2. The molecule has 0 spiro atoms. The van der Waals surface area contributed by atoms with Gasteiger partial charge in [-0.25, -0.2) is 18.7 Å². The molecule has 4 heterocycles. The largest absolute Gasteiger partial charge is 0.350 e. The van der Waals surface area contributed by atoms with Gasteiger partial charge in [0.15, 0.2) is 5.82 Å². The van der Waals surface area contributed by atoms with Crippen LogP contribution in [0, 0.1) is 16.7 Å². The Balaban J connectivity index is 1.53. The molecular weight excluding hydrogens is 464 g/mol. The number of anilines is 1. The third-order valence-corrected chi connectivity index (χ3v) is 7.07. The van der Waals surface area contributed by atoms with E-state index in [2.05, 4.69) is 35.2 Å². The Morgan fingerprint density at radius 2 is 2.08 bits per heavy atom. The second-order valence-corrected chi connectivity index (χ2v) is 10.5. The smallest absolute Gasteiger partial charge is 0.291 e. The van der Waals surface area contributed by atoms with E-state index in [0.717, 1.165) is 24.8 Å². The Hall–Kier alpha value is -3.64. The molecule has 2 unspecified atom stereocenters. The molecule has 0 saturated carbocycles. The normalized spacial score (nSPS) is 26.2. The highest BCUT2D eigenvalue weighted by Crippen LogP contribution is 2.46. The molecule has 2 bridgehead atoms. The third kappa shape index (κ3) is 4.37.